The number of rotatable bonds is 0. The van der Waals surface area contributed by atoms with Crippen LogP contribution in [0.4, 0.5) is 0 Å². The van der Waals surface area contributed by atoms with Gasteiger partial charge < -0.3 is 2.85 Å². The Morgan fingerprint density at radius 3 is 1.06 bits per heavy atom. The molecule has 0 unspecified atom stereocenters. The molecule has 0 saturated heterocycles. The van der Waals surface area contributed by atoms with Crippen molar-refractivity contribution in [2.45, 2.75) is 0 Å². The van der Waals surface area contributed by atoms with Gasteiger partial charge in [0, 0.05) is 8.95 Å². The van der Waals surface area contributed by atoms with E-state index in [4.69, 9.17) is 0 Å². The van der Waals surface area contributed by atoms with Crippen molar-refractivity contribution in [3.05, 3.63) is 57.5 Å². The van der Waals surface area contributed by atoms with E-state index in [0.29, 0.717) is 0 Å². The minimum atomic E-state index is 0. The molecule has 17 heavy (non-hydrogen) atoms. The molecule has 3 heteroatoms. The molecule has 0 amide bonds. The van der Waals surface area contributed by atoms with Crippen LogP contribution in [0.2, 0.25) is 0 Å². The molecule has 0 atom stereocenters. The Labute approximate surface area is 136 Å². The van der Waals surface area contributed by atoms with Crippen molar-refractivity contribution < 1.29 is 2.85 Å². The van der Waals surface area contributed by atoms with Crippen LogP contribution in [0.5, 0.6) is 0 Å². The van der Waals surface area contributed by atoms with Crippen molar-refractivity contribution in [3.63, 3.8) is 0 Å². The van der Waals surface area contributed by atoms with Crippen molar-refractivity contribution in [1.29, 1.82) is 0 Å². The standard InChI is InChI=1S/C14H8Br2.Mg.2H/c15-13-9-5-1-2-6-10(9)14(16)12-8-4-3-7-11(12)13;;;/h1-8H;;;/q;+2;2*-1. The first-order valence-corrected chi connectivity index (χ1v) is 6.62. The second kappa shape index (κ2) is 5.27. The molecule has 0 spiro atoms. The van der Waals surface area contributed by atoms with E-state index in [-0.39, 0.29) is 25.9 Å². The number of hydrogen-bond acceptors (Lipinski definition) is 0. The third kappa shape index (κ3) is 2.14. The zero-order chi connectivity index (χ0) is 11.1. The Balaban J connectivity index is 0.00000108. The van der Waals surface area contributed by atoms with Gasteiger partial charge in [-0.3, -0.25) is 0 Å². The van der Waals surface area contributed by atoms with Crippen molar-refractivity contribution >= 4 is 76.5 Å². The van der Waals surface area contributed by atoms with Crippen LogP contribution in [0.1, 0.15) is 2.85 Å². The fourth-order valence-electron chi connectivity index (χ4n) is 2.02. The zero-order valence-electron chi connectivity index (χ0n) is 11.1. The van der Waals surface area contributed by atoms with Gasteiger partial charge in [-0.15, -0.1) is 0 Å². The van der Waals surface area contributed by atoms with Gasteiger partial charge in [-0.05, 0) is 53.4 Å². The maximum absolute atomic E-state index is 3.70. The van der Waals surface area contributed by atoms with E-state index in [1.807, 2.05) is 0 Å². The van der Waals surface area contributed by atoms with Crippen LogP contribution in [0.3, 0.4) is 0 Å². The molecule has 0 saturated carbocycles. The zero-order valence-corrected chi connectivity index (χ0v) is 13.7. The molecule has 0 radical (unpaired) electrons. The Morgan fingerprint density at radius 2 is 0.824 bits per heavy atom. The summed E-state index contributed by atoms with van der Waals surface area (Å²) in [7, 11) is 0. The van der Waals surface area contributed by atoms with E-state index in [9.17, 15) is 0 Å². The molecule has 3 aromatic rings. The van der Waals surface area contributed by atoms with Gasteiger partial charge in [-0.1, -0.05) is 48.5 Å². The predicted molar refractivity (Wildman–Crippen MR) is 84.8 cm³/mol. The first-order valence-electron chi connectivity index (χ1n) is 5.03. The fraction of sp³-hybridized carbons (Fsp3) is 0. The van der Waals surface area contributed by atoms with Gasteiger partial charge in [0.2, 0.25) is 0 Å². The molecule has 82 valence electrons. The van der Waals surface area contributed by atoms with Crippen LogP contribution in [0.25, 0.3) is 21.5 Å². The minimum absolute atomic E-state index is 0. The fourth-order valence-corrected chi connectivity index (χ4v) is 3.41. The molecule has 0 N–H and O–H groups in total. The molecule has 0 aliphatic carbocycles. The monoisotopic (exact) mass is 360 g/mol. The summed E-state index contributed by atoms with van der Waals surface area (Å²) in [6.45, 7) is 0. The molecule has 0 aromatic heterocycles. The Kier molecular flexibility index (Phi) is 4.13. The Hall–Kier alpha value is -0.0938. The maximum atomic E-state index is 3.70. The summed E-state index contributed by atoms with van der Waals surface area (Å²) in [6.07, 6.45) is 0. The molecule has 3 rings (SSSR count). The van der Waals surface area contributed by atoms with Crippen LogP contribution in [0, 0.1) is 0 Å². The first-order chi connectivity index (χ1) is 7.79. The summed E-state index contributed by atoms with van der Waals surface area (Å²) in [6, 6.07) is 16.8. The molecule has 3 aromatic carbocycles. The molecule has 0 bridgehead atoms. The van der Waals surface area contributed by atoms with Gasteiger partial charge in [-0.25, -0.2) is 0 Å². The number of fused-ring (bicyclic) bond motifs is 2. The molecule has 0 aliphatic heterocycles. The summed E-state index contributed by atoms with van der Waals surface area (Å²) < 4.78 is 2.34. The van der Waals surface area contributed by atoms with E-state index >= 15 is 0 Å². The topological polar surface area (TPSA) is 0 Å². The van der Waals surface area contributed by atoms with E-state index in [1.165, 1.54) is 30.5 Å². The second-order valence-corrected chi connectivity index (χ2v) is 5.31. The van der Waals surface area contributed by atoms with Crippen molar-refractivity contribution in [2.24, 2.45) is 0 Å². The van der Waals surface area contributed by atoms with Crippen molar-refractivity contribution in [1.82, 2.24) is 0 Å². The average molecular weight is 362 g/mol. The Morgan fingerprint density at radius 1 is 0.588 bits per heavy atom. The molecule has 0 fully saturated rings. The predicted octanol–water partition coefficient (Wildman–Crippen LogP) is 5.36. The largest absolute Gasteiger partial charge is 2.00 e. The van der Waals surface area contributed by atoms with Crippen LogP contribution < -0.4 is 0 Å². The average Bonchev–Trinajstić information content (AvgIpc) is 2.36. The SMILES string of the molecule is Brc1c2ccccc2c(Br)c2ccccc12.[H-].[H-].[Mg+2]. The van der Waals surface area contributed by atoms with Crippen LogP contribution in [0.15, 0.2) is 57.5 Å². The normalized spacial score (nSPS) is 10.5. The van der Waals surface area contributed by atoms with Gasteiger partial charge in [0.05, 0.1) is 0 Å². The van der Waals surface area contributed by atoms with E-state index in [0.717, 1.165) is 0 Å². The molecule has 0 aliphatic rings. The number of halogens is 2. The van der Waals surface area contributed by atoms with E-state index in [1.54, 1.807) is 0 Å². The second-order valence-electron chi connectivity index (χ2n) is 3.72. The van der Waals surface area contributed by atoms with Crippen LogP contribution >= 0.6 is 31.9 Å². The smallest absolute Gasteiger partial charge is 1.00 e. The van der Waals surface area contributed by atoms with E-state index < -0.39 is 0 Å². The maximum Gasteiger partial charge on any atom is 2.00 e. The summed E-state index contributed by atoms with van der Waals surface area (Å²) in [5.74, 6) is 0. The Bertz CT molecular complexity index is 584. The van der Waals surface area contributed by atoms with Crippen LogP contribution in [-0.4, -0.2) is 23.1 Å². The molecule has 0 heterocycles. The summed E-state index contributed by atoms with van der Waals surface area (Å²) in [5.41, 5.74) is 0. The minimum Gasteiger partial charge on any atom is -1.00 e. The summed E-state index contributed by atoms with van der Waals surface area (Å²) in [4.78, 5) is 0. The third-order valence-corrected chi connectivity index (χ3v) is 4.51. The molecule has 0 nitrogen and oxygen atoms in total. The van der Waals surface area contributed by atoms with Gasteiger partial charge in [-0.2, -0.15) is 0 Å². The third-order valence-electron chi connectivity index (χ3n) is 2.80. The van der Waals surface area contributed by atoms with Gasteiger partial charge in [0.15, 0.2) is 0 Å². The van der Waals surface area contributed by atoms with Crippen molar-refractivity contribution in [3.8, 4) is 0 Å². The van der Waals surface area contributed by atoms with Crippen molar-refractivity contribution in [2.75, 3.05) is 0 Å². The quantitative estimate of drug-likeness (QED) is 0.373. The number of benzene rings is 3. The molecular formula is C14H10Br2Mg. The van der Waals surface area contributed by atoms with Crippen LogP contribution in [-0.2, 0) is 0 Å². The number of hydrogen-bond donors (Lipinski definition) is 0. The summed E-state index contributed by atoms with van der Waals surface area (Å²) in [5, 5.41) is 4.97. The molecular weight excluding hydrogens is 352 g/mol. The first kappa shape index (κ1) is 13.3. The van der Waals surface area contributed by atoms with Gasteiger partial charge >= 0.3 is 23.1 Å². The van der Waals surface area contributed by atoms with Gasteiger partial charge in [0.25, 0.3) is 0 Å². The van der Waals surface area contributed by atoms with E-state index in [2.05, 4.69) is 80.4 Å². The summed E-state index contributed by atoms with van der Waals surface area (Å²) >= 11 is 7.39. The van der Waals surface area contributed by atoms with Gasteiger partial charge in [0.1, 0.15) is 0 Å².